The SMILES string of the molecule is N#Cc1ccc(-c2c(-c3ccc(C#N)cc3)c(-n3c4ccccc4c4ccccc43)c(-n3c4ccccc4c4ccccc43)c(-n3c4ccccc4c4ccccc43)c2-n2c3ccccc3c3ccccc32)cc1. The van der Waals surface area contributed by atoms with Crippen LogP contribution in [0, 0.1) is 22.7 Å². The van der Waals surface area contributed by atoms with Crippen molar-refractivity contribution in [1.29, 1.82) is 10.5 Å². The lowest BCUT2D eigenvalue weighted by Gasteiger charge is -2.31. The second-order valence-electron chi connectivity index (χ2n) is 19.0. The molecule has 342 valence electrons. The van der Waals surface area contributed by atoms with E-state index in [9.17, 15) is 10.5 Å². The van der Waals surface area contributed by atoms with Crippen LogP contribution in [0.5, 0.6) is 0 Å². The van der Waals surface area contributed by atoms with Crippen LogP contribution < -0.4 is 0 Å². The summed E-state index contributed by atoms with van der Waals surface area (Å²) < 4.78 is 10.0. The first-order valence-electron chi connectivity index (χ1n) is 24.9. The van der Waals surface area contributed by atoms with Gasteiger partial charge in [0.15, 0.2) is 0 Å². The minimum absolute atomic E-state index is 0.569. The molecule has 0 spiro atoms. The fraction of sp³-hybridized carbons (Fsp3) is 0. The summed E-state index contributed by atoms with van der Waals surface area (Å²) >= 11 is 0. The third-order valence-corrected chi connectivity index (χ3v) is 15.2. The summed E-state index contributed by atoms with van der Waals surface area (Å²) in [4.78, 5) is 0. The number of nitrogens with zero attached hydrogens (tertiary/aromatic N) is 6. The average molecular weight is 941 g/mol. The maximum atomic E-state index is 10.4. The molecule has 0 N–H and O–H groups in total. The Hall–Kier alpha value is -10.4. The fourth-order valence-corrected chi connectivity index (χ4v) is 12.2. The Kier molecular flexibility index (Phi) is 8.99. The number of hydrogen-bond donors (Lipinski definition) is 0. The van der Waals surface area contributed by atoms with Crippen molar-refractivity contribution in [2.75, 3.05) is 0 Å². The lowest BCUT2D eigenvalue weighted by Crippen LogP contribution is -2.16. The van der Waals surface area contributed by atoms with E-state index < -0.39 is 0 Å². The molecule has 11 aromatic carbocycles. The predicted molar refractivity (Wildman–Crippen MR) is 304 cm³/mol. The molecular formula is C68H40N6. The maximum Gasteiger partial charge on any atom is 0.0991 e. The van der Waals surface area contributed by atoms with Gasteiger partial charge in [0.2, 0.25) is 0 Å². The molecular weight excluding hydrogens is 901 g/mol. The highest BCUT2D eigenvalue weighted by molar-refractivity contribution is 6.18. The molecule has 0 amide bonds. The van der Waals surface area contributed by atoms with Crippen molar-refractivity contribution < 1.29 is 0 Å². The molecule has 4 heterocycles. The van der Waals surface area contributed by atoms with Gasteiger partial charge >= 0.3 is 0 Å². The third-order valence-electron chi connectivity index (χ3n) is 15.2. The number of para-hydroxylation sites is 8. The number of rotatable bonds is 6. The molecule has 0 aliphatic carbocycles. The van der Waals surface area contributed by atoms with Crippen LogP contribution in [0.1, 0.15) is 11.1 Å². The zero-order chi connectivity index (χ0) is 49.0. The van der Waals surface area contributed by atoms with Gasteiger partial charge < -0.3 is 18.3 Å². The highest BCUT2D eigenvalue weighted by atomic mass is 15.1. The topological polar surface area (TPSA) is 67.3 Å². The van der Waals surface area contributed by atoms with E-state index in [-0.39, 0.29) is 0 Å². The number of hydrogen-bond acceptors (Lipinski definition) is 2. The molecule has 15 rings (SSSR count). The van der Waals surface area contributed by atoms with E-state index in [1.807, 2.05) is 24.3 Å². The fourth-order valence-electron chi connectivity index (χ4n) is 12.2. The van der Waals surface area contributed by atoms with Gasteiger partial charge in [-0.3, -0.25) is 0 Å². The molecule has 0 atom stereocenters. The summed E-state index contributed by atoms with van der Waals surface area (Å²) in [6, 6.07) is 91.2. The van der Waals surface area contributed by atoms with Crippen molar-refractivity contribution in [3.05, 3.63) is 254 Å². The van der Waals surface area contributed by atoms with E-state index in [1.54, 1.807) is 0 Å². The second kappa shape index (κ2) is 16.1. The number of aromatic nitrogens is 4. The summed E-state index contributed by atoms with van der Waals surface area (Å²) in [6.07, 6.45) is 0. The molecule has 6 nitrogen and oxygen atoms in total. The Morgan fingerprint density at radius 3 is 0.608 bits per heavy atom. The van der Waals surface area contributed by atoms with E-state index in [0.717, 1.165) is 132 Å². The molecule has 6 heteroatoms. The molecule has 0 aliphatic rings. The zero-order valence-electron chi connectivity index (χ0n) is 39.8. The molecule has 0 fully saturated rings. The standard InChI is InChI=1S/C68H40N6/c69-41-43-33-37-45(38-34-43)63-64(46-39-35-44(42-70)36-40-46)66(72-57-27-11-3-19-49(57)50-20-4-12-28-58(50)72)68(74-61-31-15-7-23-53(61)54-24-8-16-32-62(54)74)67(73-59-29-13-5-21-51(59)52-22-6-14-30-60(52)73)65(63)71-55-25-9-1-17-47(55)48-18-2-10-26-56(48)71/h1-40H. The van der Waals surface area contributed by atoms with Gasteiger partial charge in [0.25, 0.3) is 0 Å². The number of fused-ring (bicyclic) bond motifs is 12. The highest BCUT2D eigenvalue weighted by Crippen LogP contribution is 2.54. The summed E-state index contributed by atoms with van der Waals surface area (Å²) in [6.45, 7) is 0. The monoisotopic (exact) mass is 940 g/mol. The Bertz CT molecular complexity index is 4380. The normalized spacial score (nSPS) is 11.8. The average Bonchev–Trinajstić information content (AvgIpc) is 4.28. The highest BCUT2D eigenvalue weighted by Gasteiger charge is 2.35. The van der Waals surface area contributed by atoms with Gasteiger partial charge in [0.05, 0.1) is 90.1 Å². The first-order chi connectivity index (χ1) is 36.7. The third kappa shape index (κ3) is 5.79. The van der Waals surface area contributed by atoms with Gasteiger partial charge in [-0.2, -0.15) is 10.5 Å². The molecule has 4 aromatic heterocycles. The van der Waals surface area contributed by atoms with Gasteiger partial charge in [-0.25, -0.2) is 0 Å². The minimum atomic E-state index is 0.569. The summed E-state index contributed by atoms with van der Waals surface area (Å²) in [5.41, 5.74) is 17.2. The van der Waals surface area contributed by atoms with Crippen molar-refractivity contribution in [3.8, 4) is 57.1 Å². The maximum absolute atomic E-state index is 10.4. The summed E-state index contributed by atoms with van der Waals surface area (Å²) in [5, 5.41) is 29.9. The molecule has 0 saturated carbocycles. The van der Waals surface area contributed by atoms with Crippen molar-refractivity contribution >= 4 is 87.2 Å². The Morgan fingerprint density at radius 2 is 0.405 bits per heavy atom. The van der Waals surface area contributed by atoms with Gasteiger partial charge in [0.1, 0.15) is 0 Å². The van der Waals surface area contributed by atoms with Crippen molar-refractivity contribution in [3.63, 3.8) is 0 Å². The zero-order valence-corrected chi connectivity index (χ0v) is 39.8. The summed E-state index contributed by atoms with van der Waals surface area (Å²) in [5.74, 6) is 0. The predicted octanol–water partition coefficient (Wildman–Crippen LogP) is 17.2. The number of nitriles is 2. The quantitative estimate of drug-likeness (QED) is 0.167. The van der Waals surface area contributed by atoms with Crippen molar-refractivity contribution in [2.24, 2.45) is 0 Å². The second-order valence-corrected chi connectivity index (χ2v) is 19.0. The van der Waals surface area contributed by atoms with E-state index in [0.29, 0.717) is 11.1 Å². The van der Waals surface area contributed by atoms with Crippen LogP contribution >= 0.6 is 0 Å². The molecule has 74 heavy (non-hydrogen) atoms. The molecule has 0 radical (unpaired) electrons. The molecule has 0 saturated heterocycles. The van der Waals surface area contributed by atoms with Gasteiger partial charge in [-0.15, -0.1) is 0 Å². The Morgan fingerprint density at radius 1 is 0.216 bits per heavy atom. The first-order valence-corrected chi connectivity index (χ1v) is 24.9. The molecule has 0 unspecified atom stereocenters. The van der Waals surface area contributed by atoms with Gasteiger partial charge in [-0.1, -0.05) is 170 Å². The van der Waals surface area contributed by atoms with Gasteiger partial charge in [0, 0.05) is 54.2 Å². The van der Waals surface area contributed by atoms with E-state index in [1.165, 1.54) is 0 Å². The van der Waals surface area contributed by atoms with Crippen LogP contribution in [0.3, 0.4) is 0 Å². The lowest BCUT2D eigenvalue weighted by molar-refractivity contribution is 1.03. The van der Waals surface area contributed by atoms with Crippen LogP contribution in [0.4, 0.5) is 0 Å². The van der Waals surface area contributed by atoms with E-state index >= 15 is 0 Å². The Labute approximate surface area is 424 Å². The van der Waals surface area contributed by atoms with Gasteiger partial charge in [-0.05, 0) is 83.9 Å². The minimum Gasteiger partial charge on any atom is -0.306 e. The van der Waals surface area contributed by atoms with E-state index in [4.69, 9.17) is 0 Å². The van der Waals surface area contributed by atoms with Crippen LogP contribution in [0.15, 0.2) is 243 Å². The smallest absolute Gasteiger partial charge is 0.0991 e. The summed E-state index contributed by atoms with van der Waals surface area (Å²) in [7, 11) is 0. The lowest BCUT2D eigenvalue weighted by atomic mass is 9.87. The van der Waals surface area contributed by atoms with Crippen LogP contribution in [0.25, 0.3) is 132 Å². The van der Waals surface area contributed by atoms with E-state index in [2.05, 4.69) is 249 Å². The molecule has 15 aromatic rings. The van der Waals surface area contributed by atoms with Crippen LogP contribution in [-0.2, 0) is 0 Å². The van der Waals surface area contributed by atoms with Crippen molar-refractivity contribution in [1.82, 2.24) is 18.3 Å². The molecule has 0 bridgehead atoms. The first kappa shape index (κ1) is 41.4. The van der Waals surface area contributed by atoms with Crippen molar-refractivity contribution in [2.45, 2.75) is 0 Å². The van der Waals surface area contributed by atoms with Crippen LogP contribution in [0.2, 0.25) is 0 Å². The largest absolute Gasteiger partial charge is 0.306 e. The molecule has 0 aliphatic heterocycles. The number of benzene rings is 11. The Balaban J connectivity index is 1.35. The van der Waals surface area contributed by atoms with Crippen LogP contribution in [-0.4, -0.2) is 18.3 Å².